The maximum absolute atomic E-state index is 12.4. The van der Waals surface area contributed by atoms with Crippen molar-refractivity contribution in [2.24, 2.45) is 0 Å². The maximum atomic E-state index is 12.4. The molecule has 7 heteroatoms. The largest absolute Gasteiger partial charge is 0.468 e. The lowest BCUT2D eigenvalue weighted by Crippen LogP contribution is -2.73. The van der Waals surface area contributed by atoms with E-state index in [2.05, 4.69) is 4.74 Å². The molecule has 0 aromatic heterocycles. The Labute approximate surface area is 124 Å². The summed E-state index contributed by atoms with van der Waals surface area (Å²) >= 11 is 0. The van der Waals surface area contributed by atoms with Gasteiger partial charge in [-0.25, -0.2) is 4.79 Å². The molecule has 0 aromatic carbocycles. The molecule has 1 unspecified atom stereocenters. The lowest BCUT2D eigenvalue weighted by Gasteiger charge is -2.50. The number of ether oxygens (including phenoxy) is 2. The van der Waals surface area contributed by atoms with Crippen LogP contribution in [-0.4, -0.2) is 65.7 Å². The Morgan fingerprint density at radius 3 is 2.52 bits per heavy atom. The molecular formula is C14H22N2O5. The molecule has 0 saturated carbocycles. The van der Waals surface area contributed by atoms with Gasteiger partial charge in [0.25, 0.3) is 5.91 Å². The molecule has 2 heterocycles. The normalized spacial score (nSPS) is 25.0. The van der Waals surface area contributed by atoms with Crippen molar-refractivity contribution in [1.82, 2.24) is 9.80 Å². The number of nitrogens with zero attached hydrogens (tertiary/aromatic N) is 2. The summed E-state index contributed by atoms with van der Waals surface area (Å²) in [5.41, 5.74) is -1.42. The second kappa shape index (κ2) is 5.20. The predicted molar refractivity (Wildman–Crippen MR) is 73.5 cm³/mol. The minimum absolute atomic E-state index is 0.0702. The number of rotatable bonds is 2. The number of carbonyl (C=O) groups excluding carboxylic acids is 3. The summed E-state index contributed by atoms with van der Waals surface area (Å²) in [7, 11) is 1.28. The van der Waals surface area contributed by atoms with Crippen LogP contribution >= 0.6 is 0 Å². The van der Waals surface area contributed by atoms with Crippen LogP contribution in [0.25, 0.3) is 0 Å². The molecule has 0 N–H and O–H groups in total. The minimum Gasteiger partial charge on any atom is -0.468 e. The lowest BCUT2D eigenvalue weighted by molar-refractivity contribution is -0.166. The third-order valence-electron chi connectivity index (χ3n) is 3.79. The summed E-state index contributed by atoms with van der Waals surface area (Å²) in [6, 6.07) is 0. The van der Waals surface area contributed by atoms with Crippen LogP contribution in [0.15, 0.2) is 0 Å². The first kappa shape index (κ1) is 15.6. The minimum atomic E-state index is -0.823. The van der Waals surface area contributed by atoms with Crippen LogP contribution in [-0.2, 0) is 19.1 Å². The highest BCUT2D eigenvalue weighted by Crippen LogP contribution is 2.39. The van der Waals surface area contributed by atoms with Crippen LogP contribution in [0.5, 0.6) is 0 Å². The van der Waals surface area contributed by atoms with Gasteiger partial charge >= 0.3 is 12.1 Å². The number of β-lactam (4-membered cyclic amide) rings is 1. The zero-order valence-corrected chi connectivity index (χ0v) is 13.0. The van der Waals surface area contributed by atoms with Crippen LogP contribution in [0.2, 0.25) is 0 Å². The number of hydrogen-bond acceptors (Lipinski definition) is 5. The van der Waals surface area contributed by atoms with E-state index in [0.717, 1.165) is 6.42 Å². The lowest BCUT2D eigenvalue weighted by atomic mass is 9.86. The van der Waals surface area contributed by atoms with E-state index in [4.69, 9.17) is 4.74 Å². The van der Waals surface area contributed by atoms with Crippen LogP contribution in [0.4, 0.5) is 4.79 Å². The van der Waals surface area contributed by atoms with Gasteiger partial charge in [-0.3, -0.25) is 14.5 Å². The molecule has 0 bridgehead atoms. The average Bonchev–Trinajstić information content (AvgIpc) is 2.82. The number of esters is 1. The fourth-order valence-corrected chi connectivity index (χ4v) is 2.85. The average molecular weight is 298 g/mol. The van der Waals surface area contributed by atoms with Crippen molar-refractivity contribution in [1.29, 1.82) is 0 Å². The third kappa shape index (κ3) is 2.82. The highest BCUT2D eigenvalue weighted by atomic mass is 16.6. The molecule has 2 amide bonds. The smallest absolute Gasteiger partial charge is 0.411 e. The molecule has 0 aromatic rings. The first-order valence-corrected chi connectivity index (χ1v) is 7.06. The van der Waals surface area contributed by atoms with E-state index in [1.165, 1.54) is 16.9 Å². The second-order valence-corrected chi connectivity index (χ2v) is 6.50. The van der Waals surface area contributed by atoms with Gasteiger partial charge in [0.1, 0.15) is 17.7 Å². The topological polar surface area (TPSA) is 76.2 Å². The Balaban J connectivity index is 2.04. The van der Waals surface area contributed by atoms with Gasteiger partial charge in [-0.1, -0.05) is 0 Å². The van der Waals surface area contributed by atoms with Gasteiger partial charge in [-0.2, -0.15) is 0 Å². The zero-order chi connectivity index (χ0) is 15.8. The van der Waals surface area contributed by atoms with E-state index in [1.54, 1.807) is 20.8 Å². The Bertz CT molecular complexity index is 470. The number of amides is 2. The molecule has 118 valence electrons. The molecule has 2 aliphatic heterocycles. The first-order valence-electron chi connectivity index (χ1n) is 7.06. The van der Waals surface area contributed by atoms with Gasteiger partial charge in [0.05, 0.1) is 13.7 Å². The quantitative estimate of drug-likeness (QED) is 0.556. The molecular weight excluding hydrogens is 276 g/mol. The van der Waals surface area contributed by atoms with E-state index >= 15 is 0 Å². The molecule has 1 atom stereocenters. The van der Waals surface area contributed by atoms with Gasteiger partial charge in [0, 0.05) is 6.54 Å². The summed E-state index contributed by atoms with van der Waals surface area (Å²) in [6.45, 7) is 6.17. The summed E-state index contributed by atoms with van der Waals surface area (Å²) in [4.78, 5) is 38.8. The number of hydrogen-bond donors (Lipinski definition) is 0. The summed E-state index contributed by atoms with van der Waals surface area (Å²) in [5.74, 6) is -0.656. The molecule has 0 radical (unpaired) electrons. The number of likely N-dealkylation sites (tertiary alicyclic amines) is 2. The third-order valence-corrected chi connectivity index (χ3v) is 3.79. The Morgan fingerprint density at radius 2 is 2.00 bits per heavy atom. The van der Waals surface area contributed by atoms with Crippen molar-refractivity contribution in [2.75, 3.05) is 26.7 Å². The number of methoxy groups -OCH3 is 1. The Morgan fingerprint density at radius 1 is 1.33 bits per heavy atom. The Kier molecular flexibility index (Phi) is 3.86. The van der Waals surface area contributed by atoms with Crippen LogP contribution in [0, 0.1) is 0 Å². The van der Waals surface area contributed by atoms with E-state index in [9.17, 15) is 14.4 Å². The molecule has 2 aliphatic rings. The van der Waals surface area contributed by atoms with Crippen molar-refractivity contribution in [2.45, 2.75) is 44.8 Å². The molecule has 2 fully saturated rings. The molecule has 2 rings (SSSR count). The second-order valence-electron chi connectivity index (χ2n) is 6.50. The van der Waals surface area contributed by atoms with Gasteiger partial charge in [0.2, 0.25) is 0 Å². The summed E-state index contributed by atoms with van der Waals surface area (Å²) < 4.78 is 9.92. The van der Waals surface area contributed by atoms with Crippen LogP contribution in [0.3, 0.4) is 0 Å². The summed E-state index contributed by atoms with van der Waals surface area (Å²) in [5, 5.41) is 0. The van der Waals surface area contributed by atoms with Crippen molar-refractivity contribution < 1.29 is 23.9 Å². The van der Waals surface area contributed by atoms with Crippen molar-refractivity contribution >= 4 is 18.0 Å². The van der Waals surface area contributed by atoms with Crippen molar-refractivity contribution in [3.8, 4) is 0 Å². The highest BCUT2D eigenvalue weighted by Gasteiger charge is 2.60. The van der Waals surface area contributed by atoms with Crippen molar-refractivity contribution in [3.63, 3.8) is 0 Å². The predicted octanol–water partition coefficient (Wildman–Crippen LogP) is 0.771. The van der Waals surface area contributed by atoms with Gasteiger partial charge < -0.3 is 14.4 Å². The van der Waals surface area contributed by atoms with Crippen LogP contribution < -0.4 is 0 Å². The zero-order valence-electron chi connectivity index (χ0n) is 13.0. The van der Waals surface area contributed by atoms with E-state index in [-0.39, 0.29) is 12.5 Å². The van der Waals surface area contributed by atoms with Crippen LogP contribution in [0.1, 0.15) is 33.6 Å². The monoisotopic (exact) mass is 298 g/mol. The van der Waals surface area contributed by atoms with Gasteiger partial charge in [-0.05, 0) is 33.6 Å². The van der Waals surface area contributed by atoms with Crippen molar-refractivity contribution in [3.05, 3.63) is 0 Å². The van der Waals surface area contributed by atoms with Gasteiger partial charge in [0.15, 0.2) is 0 Å². The molecule has 1 spiro atoms. The molecule has 2 saturated heterocycles. The van der Waals surface area contributed by atoms with Gasteiger partial charge in [-0.15, -0.1) is 0 Å². The SMILES string of the molecule is COC(=O)CN1CC2(CCCN2C(=O)OC(C)(C)C)C1=O. The van der Waals surface area contributed by atoms with E-state index < -0.39 is 23.2 Å². The number of carbonyl (C=O) groups is 3. The first-order chi connectivity index (χ1) is 9.69. The fraction of sp³-hybridized carbons (Fsp3) is 0.786. The Hall–Kier alpha value is -1.79. The summed E-state index contributed by atoms with van der Waals surface area (Å²) in [6.07, 6.45) is 0.908. The standard InChI is InChI=1S/C14H22N2O5/c1-13(2,3)21-12(19)16-7-5-6-14(16)9-15(11(14)18)8-10(17)20-4/h5-9H2,1-4H3. The maximum Gasteiger partial charge on any atom is 0.411 e. The fourth-order valence-electron chi connectivity index (χ4n) is 2.85. The van der Waals surface area contributed by atoms with E-state index in [0.29, 0.717) is 19.5 Å². The highest BCUT2D eigenvalue weighted by molar-refractivity contribution is 5.98. The molecule has 0 aliphatic carbocycles. The molecule has 7 nitrogen and oxygen atoms in total. The van der Waals surface area contributed by atoms with E-state index in [1.807, 2.05) is 0 Å². The molecule has 21 heavy (non-hydrogen) atoms.